The third-order valence-electron chi connectivity index (χ3n) is 6.82. The fourth-order valence-corrected chi connectivity index (χ4v) is 4.85. The molecule has 0 bridgehead atoms. The van der Waals surface area contributed by atoms with E-state index in [4.69, 9.17) is 4.74 Å². The van der Waals surface area contributed by atoms with Gasteiger partial charge in [-0.2, -0.15) is 0 Å². The van der Waals surface area contributed by atoms with Crippen molar-refractivity contribution in [2.75, 3.05) is 37.6 Å². The molecule has 4 rings (SSSR count). The van der Waals surface area contributed by atoms with Crippen LogP contribution in [0.15, 0.2) is 35.4 Å². The molecule has 0 saturated carbocycles. The van der Waals surface area contributed by atoms with Crippen LogP contribution < -0.4 is 9.64 Å². The maximum absolute atomic E-state index is 10.7. The van der Waals surface area contributed by atoms with Gasteiger partial charge in [0.05, 0.1) is 11.8 Å². The normalized spacial score (nSPS) is 17.2. The average molecular weight is 440 g/mol. The molecule has 1 fully saturated rings. The van der Waals surface area contributed by atoms with E-state index >= 15 is 0 Å². The standard InChI is InChI=1S/C26H37N3O3/c1-18(2)32-24-9-6-5-8-23(24)28-14-12-27(13-15-28)10-7-11-29-25(30)21-16-19(3)20(4)17-22(21)26(29)31/h5-6,8-9,18,30-31H,7,10-17H2,1-4H3. The molecule has 0 radical (unpaired) electrons. The molecule has 0 spiro atoms. The highest BCUT2D eigenvalue weighted by atomic mass is 16.5. The number of para-hydroxylation sites is 2. The van der Waals surface area contributed by atoms with Crippen LogP contribution in [0.1, 0.15) is 45.2 Å². The summed E-state index contributed by atoms with van der Waals surface area (Å²) in [4.78, 5) is 4.87. The number of rotatable bonds is 7. The number of ether oxygens (including phenoxy) is 1. The Hall–Kier alpha value is -2.60. The van der Waals surface area contributed by atoms with Gasteiger partial charge in [-0.15, -0.1) is 0 Å². The van der Waals surface area contributed by atoms with Gasteiger partial charge in [-0.25, -0.2) is 0 Å². The van der Waals surface area contributed by atoms with Crippen LogP contribution >= 0.6 is 0 Å². The first kappa shape index (κ1) is 22.6. The van der Waals surface area contributed by atoms with E-state index in [1.54, 1.807) is 4.57 Å². The first-order valence-electron chi connectivity index (χ1n) is 11.9. The van der Waals surface area contributed by atoms with Crippen molar-refractivity contribution in [1.29, 1.82) is 0 Å². The predicted molar refractivity (Wildman–Crippen MR) is 129 cm³/mol. The van der Waals surface area contributed by atoms with Gasteiger partial charge in [0.2, 0.25) is 0 Å². The maximum Gasteiger partial charge on any atom is 0.197 e. The van der Waals surface area contributed by atoms with Gasteiger partial charge in [-0.05, 0) is 65.6 Å². The number of hydrogen-bond acceptors (Lipinski definition) is 5. The zero-order valence-electron chi connectivity index (χ0n) is 19.9. The highest BCUT2D eigenvalue weighted by molar-refractivity contribution is 5.58. The Kier molecular flexibility index (Phi) is 6.70. The second-order valence-electron chi connectivity index (χ2n) is 9.49. The van der Waals surface area contributed by atoms with Crippen molar-refractivity contribution in [2.45, 2.75) is 59.6 Å². The monoisotopic (exact) mass is 439 g/mol. The summed E-state index contributed by atoms with van der Waals surface area (Å²) in [6.07, 6.45) is 2.52. The summed E-state index contributed by atoms with van der Waals surface area (Å²) in [5.74, 6) is 1.45. The summed E-state index contributed by atoms with van der Waals surface area (Å²) < 4.78 is 7.70. The van der Waals surface area contributed by atoms with E-state index in [1.165, 1.54) is 16.8 Å². The number of aromatic hydroxyl groups is 2. The number of benzene rings is 1. The van der Waals surface area contributed by atoms with Gasteiger partial charge in [0.1, 0.15) is 5.75 Å². The fourth-order valence-electron chi connectivity index (χ4n) is 4.85. The molecule has 32 heavy (non-hydrogen) atoms. The molecule has 6 nitrogen and oxygen atoms in total. The molecule has 0 atom stereocenters. The SMILES string of the molecule is CC1=C(C)Cc2c(c(O)n(CCCN3CCN(c4ccccc4OC(C)C)CC3)c2O)C1. The van der Waals surface area contributed by atoms with Crippen molar-refractivity contribution in [2.24, 2.45) is 0 Å². The summed E-state index contributed by atoms with van der Waals surface area (Å²) in [5.41, 5.74) is 5.57. The number of anilines is 1. The Bertz CT molecular complexity index is 947. The van der Waals surface area contributed by atoms with Crippen LogP contribution in [0.2, 0.25) is 0 Å². The highest BCUT2D eigenvalue weighted by Gasteiger charge is 2.26. The molecule has 1 aliphatic carbocycles. The summed E-state index contributed by atoms with van der Waals surface area (Å²) >= 11 is 0. The van der Waals surface area contributed by atoms with Gasteiger partial charge in [0.15, 0.2) is 11.8 Å². The van der Waals surface area contributed by atoms with Crippen molar-refractivity contribution in [3.05, 3.63) is 46.5 Å². The Morgan fingerprint density at radius 3 is 2.06 bits per heavy atom. The molecule has 0 amide bonds. The van der Waals surface area contributed by atoms with E-state index in [0.717, 1.165) is 68.9 Å². The second kappa shape index (κ2) is 9.49. The molecule has 1 aromatic carbocycles. The Labute approximate surface area is 191 Å². The van der Waals surface area contributed by atoms with Gasteiger partial charge in [0.25, 0.3) is 0 Å². The lowest BCUT2D eigenvalue weighted by atomic mass is 9.90. The fraction of sp³-hybridized carbons (Fsp3) is 0.538. The van der Waals surface area contributed by atoms with Crippen LogP contribution in [0.5, 0.6) is 17.5 Å². The van der Waals surface area contributed by atoms with Crippen molar-refractivity contribution < 1.29 is 14.9 Å². The molecule has 2 heterocycles. The number of fused-ring (bicyclic) bond motifs is 1. The van der Waals surface area contributed by atoms with E-state index in [2.05, 4.69) is 55.7 Å². The topological polar surface area (TPSA) is 61.1 Å². The zero-order chi connectivity index (χ0) is 22.8. The lowest BCUT2D eigenvalue weighted by molar-refractivity contribution is 0.235. The van der Waals surface area contributed by atoms with Gasteiger partial charge in [0, 0.05) is 43.9 Å². The third-order valence-corrected chi connectivity index (χ3v) is 6.82. The van der Waals surface area contributed by atoms with Crippen molar-refractivity contribution in [1.82, 2.24) is 9.47 Å². The maximum atomic E-state index is 10.7. The number of allylic oxidation sites excluding steroid dienone is 2. The van der Waals surface area contributed by atoms with Gasteiger partial charge >= 0.3 is 0 Å². The van der Waals surface area contributed by atoms with Crippen LogP contribution in [0.4, 0.5) is 5.69 Å². The second-order valence-corrected chi connectivity index (χ2v) is 9.49. The lowest BCUT2D eigenvalue weighted by Gasteiger charge is -2.37. The molecule has 1 saturated heterocycles. The summed E-state index contributed by atoms with van der Waals surface area (Å²) in [6.45, 7) is 13.9. The summed E-state index contributed by atoms with van der Waals surface area (Å²) in [6, 6.07) is 8.30. The molecule has 1 aromatic heterocycles. The van der Waals surface area contributed by atoms with E-state index in [0.29, 0.717) is 6.54 Å². The van der Waals surface area contributed by atoms with E-state index in [9.17, 15) is 10.2 Å². The van der Waals surface area contributed by atoms with Gasteiger partial charge < -0.3 is 19.8 Å². The minimum Gasteiger partial charge on any atom is -0.494 e. The van der Waals surface area contributed by atoms with Crippen LogP contribution in [-0.2, 0) is 19.4 Å². The first-order valence-corrected chi connectivity index (χ1v) is 11.9. The zero-order valence-corrected chi connectivity index (χ0v) is 19.9. The predicted octanol–water partition coefficient (Wildman–Crippen LogP) is 4.33. The Morgan fingerprint density at radius 1 is 0.875 bits per heavy atom. The van der Waals surface area contributed by atoms with E-state index in [1.807, 2.05) is 6.07 Å². The lowest BCUT2D eigenvalue weighted by Crippen LogP contribution is -2.46. The highest BCUT2D eigenvalue weighted by Crippen LogP contribution is 2.40. The molecule has 6 heteroatoms. The number of hydrogen-bond donors (Lipinski definition) is 2. The minimum atomic E-state index is 0.160. The quantitative estimate of drug-likeness (QED) is 0.629. The van der Waals surface area contributed by atoms with Crippen LogP contribution in [0.3, 0.4) is 0 Å². The molecule has 1 aliphatic heterocycles. The average Bonchev–Trinajstić information content (AvgIpc) is 2.99. The molecular formula is C26H37N3O3. The van der Waals surface area contributed by atoms with Gasteiger partial charge in [-0.3, -0.25) is 9.47 Å². The van der Waals surface area contributed by atoms with Gasteiger partial charge in [-0.1, -0.05) is 23.3 Å². The van der Waals surface area contributed by atoms with E-state index < -0.39 is 0 Å². The van der Waals surface area contributed by atoms with Crippen molar-refractivity contribution in [3.63, 3.8) is 0 Å². The Balaban J connectivity index is 1.30. The minimum absolute atomic E-state index is 0.160. The number of aromatic nitrogens is 1. The molecule has 2 aromatic rings. The molecule has 2 aliphatic rings. The summed E-state index contributed by atoms with van der Waals surface area (Å²) in [5, 5.41) is 21.4. The van der Waals surface area contributed by atoms with Crippen LogP contribution in [0.25, 0.3) is 0 Å². The van der Waals surface area contributed by atoms with E-state index in [-0.39, 0.29) is 17.9 Å². The first-order chi connectivity index (χ1) is 15.3. The van der Waals surface area contributed by atoms with Crippen molar-refractivity contribution >= 4 is 5.69 Å². The molecule has 0 unspecified atom stereocenters. The van der Waals surface area contributed by atoms with Crippen molar-refractivity contribution in [3.8, 4) is 17.5 Å². The molecular weight excluding hydrogens is 402 g/mol. The number of nitrogens with zero attached hydrogens (tertiary/aromatic N) is 3. The summed E-state index contributed by atoms with van der Waals surface area (Å²) in [7, 11) is 0. The molecule has 174 valence electrons. The third kappa shape index (κ3) is 4.60. The van der Waals surface area contributed by atoms with Crippen LogP contribution in [-0.4, -0.2) is 58.5 Å². The largest absolute Gasteiger partial charge is 0.494 e. The van der Waals surface area contributed by atoms with Crippen LogP contribution in [0, 0.1) is 0 Å². The Morgan fingerprint density at radius 2 is 1.47 bits per heavy atom. The smallest absolute Gasteiger partial charge is 0.197 e. The molecule has 2 N–H and O–H groups in total. The number of piperazine rings is 1.